The lowest BCUT2D eigenvalue weighted by Crippen LogP contribution is -2.47. The number of likely N-dealkylation sites (tertiary alicyclic amines) is 1. The van der Waals surface area contributed by atoms with Gasteiger partial charge in [0.25, 0.3) is 5.91 Å². The molecule has 2 aliphatic carbocycles. The number of hydrogen-bond donors (Lipinski definition) is 2. The molecule has 3 aromatic rings. The zero-order chi connectivity index (χ0) is 28.1. The molecular weight excluding hydrogens is 509 g/mol. The summed E-state index contributed by atoms with van der Waals surface area (Å²) >= 11 is 0. The van der Waals surface area contributed by atoms with E-state index in [-0.39, 0.29) is 18.0 Å². The molecule has 1 aliphatic heterocycles. The van der Waals surface area contributed by atoms with Crippen LogP contribution in [-0.4, -0.2) is 75.2 Å². The number of amides is 2. The highest BCUT2D eigenvalue weighted by molar-refractivity contribution is 5.99. The highest BCUT2D eigenvalue weighted by Gasteiger charge is 2.43. The zero-order valence-corrected chi connectivity index (χ0v) is 23.4. The van der Waals surface area contributed by atoms with Gasteiger partial charge in [0.15, 0.2) is 0 Å². The number of halogens is 1. The summed E-state index contributed by atoms with van der Waals surface area (Å²) in [5.74, 6) is 1.68. The molecule has 2 unspecified atom stereocenters. The van der Waals surface area contributed by atoms with Gasteiger partial charge in [-0.25, -0.2) is 9.18 Å². The quantitative estimate of drug-likeness (QED) is 0.429. The molecule has 3 heterocycles. The first-order valence-corrected chi connectivity index (χ1v) is 14.4. The summed E-state index contributed by atoms with van der Waals surface area (Å²) in [6.07, 6.45) is 9.02. The summed E-state index contributed by atoms with van der Waals surface area (Å²) in [5.41, 5.74) is 3.22. The van der Waals surface area contributed by atoms with Crippen LogP contribution in [0.25, 0.3) is 16.6 Å². The van der Waals surface area contributed by atoms with E-state index in [2.05, 4.69) is 27.5 Å². The Kier molecular flexibility index (Phi) is 7.02. The van der Waals surface area contributed by atoms with E-state index in [1.165, 1.54) is 17.7 Å². The minimum Gasteiger partial charge on any atom is -0.465 e. The molecule has 2 N–H and O–H groups in total. The lowest BCUT2D eigenvalue weighted by atomic mass is 9.80. The lowest BCUT2D eigenvalue weighted by molar-refractivity contribution is 0.0754. The lowest BCUT2D eigenvalue weighted by Gasteiger charge is -2.37. The maximum absolute atomic E-state index is 14.4. The fraction of sp³-hybridized carbons (Fsp3) is 0.516. The van der Waals surface area contributed by atoms with Gasteiger partial charge in [0.2, 0.25) is 0 Å². The number of benzene rings is 1. The molecule has 0 spiro atoms. The molecule has 2 saturated carbocycles. The first kappa shape index (κ1) is 26.7. The zero-order valence-electron chi connectivity index (χ0n) is 23.4. The van der Waals surface area contributed by atoms with Crippen molar-refractivity contribution in [1.82, 2.24) is 24.7 Å². The van der Waals surface area contributed by atoms with Gasteiger partial charge in [-0.3, -0.25) is 9.78 Å². The van der Waals surface area contributed by atoms with Crippen molar-refractivity contribution < 1.29 is 19.1 Å². The SMILES string of the molecule is CC(C)N(C)C(=O)c1cc(F)ccc1-n1cc(C2CC3CN(CC4CC(NC(=O)O)C4)CC3C2)c2ccncc21. The minimum absolute atomic E-state index is 0.00755. The third-order valence-electron chi connectivity index (χ3n) is 9.53. The number of nitrogens with zero attached hydrogens (tertiary/aromatic N) is 4. The monoisotopic (exact) mass is 547 g/mol. The van der Waals surface area contributed by atoms with Gasteiger partial charge in [-0.2, -0.15) is 0 Å². The highest BCUT2D eigenvalue weighted by atomic mass is 19.1. The number of aromatic nitrogens is 2. The highest BCUT2D eigenvalue weighted by Crippen LogP contribution is 2.48. The summed E-state index contributed by atoms with van der Waals surface area (Å²) in [6, 6.07) is 6.63. The number of carboxylic acid groups (broad SMARTS) is 1. The molecule has 2 aromatic heterocycles. The number of hydrogen-bond acceptors (Lipinski definition) is 4. The molecule has 2 atom stereocenters. The molecule has 40 heavy (non-hydrogen) atoms. The largest absolute Gasteiger partial charge is 0.465 e. The number of pyridine rings is 1. The molecule has 2 amide bonds. The second-order valence-corrected chi connectivity index (χ2v) is 12.4. The minimum atomic E-state index is -0.924. The molecular formula is C31H38FN5O3. The standard InChI is InChI=1S/C31H38FN5O3/c1-18(2)35(3)30(38)26-12-23(32)4-5-28(26)37-17-27(25-6-7-33-13-29(25)37)20-10-21-15-36(16-22(21)11-20)14-19-8-24(9-19)34-31(39)40/h4-7,12-13,17-22,24,34H,8-11,14-16H2,1-3H3,(H,39,40). The number of rotatable bonds is 7. The van der Waals surface area contributed by atoms with Gasteiger partial charge in [0, 0.05) is 56.5 Å². The van der Waals surface area contributed by atoms with Crippen molar-refractivity contribution >= 4 is 22.9 Å². The Morgan fingerprint density at radius 3 is 2.55 bits per heavy atom. The molecule has 3 aliphatic rings. The van der Waals surface area contributed by atoms with Crippen molar-refractivity contribution in [3.05, 3.63) is 59.8 Å². The van der Waals surface area contributed by atoms with E-state index in [1.807, 2.05) is 30.8 Å². The van der Waals surface area contributed by atoms with Crippen LogP contribution >= 0.6 is 0 Å². The van der Waals surface area contributed by atoms with Crippen molar-refractivity contribution in [2.75, 3.05) is 26.7 Å². The summed E-state index contributed by atoms with van der Waals surface area (Å²) in [6.45, 7) is 7.16. The Hall–Kier alpha value is -3.46. The van der Waals surface area contributed by atoms with Gasteiger partial charge >= 0.3 is 6.09 Å². The Bertz CT molecular complexity index is 1420. The number of nitrogens with one attached hydrogen (secondary N) is 1. The fourth-order valence-corrected chi connectivity index (χ4v) is 7.28. The molecule has 8 nitrogen and oxygen atoms in total. The summed E-state index contributed by atoms with van der Waals surface area (Å²) in [7, 11) is 1.75. The van der Waals surface area contributed by atoms with E-state index in [0.717, 1.165) is 56.2 Å². The molecule has 3 fully saturated rings. The third-order valence-corrected chi connectivity index (χ3v) is 9.53. The Morgan fingerprint density at radius 2 is 1.88 bits per heavy atom. The van der Waals surface area contributed by atoms with Crippen LogP contribution in [0.3, 0.4) is 0 Å². The van der Waals surface area contributed by atoms with Crippen LogP contribution in [0.4, 0.5) is 9.18 Å². The number of fused-ring (bicyclic) bond motifs is 2. The Morgan fingerprint density at radius 1 is 1.15 bits per heavy atom. The van der Waals surface area contributed by atoms with Crippen LogP contribution in [0.15, 0.2) is 42.9 Å². The van der Waals surface area contributed by atoms with E-state index in [0.29, 0.717) is 34.9 Å². The molecule has 1 saturated heterocycles. The van der Waals surface area contributed by atoms with Crippen LogP contribution < -0.4 is 5.32 Å². The predicted molar refractivity (Wildman–Crippen MR) is 151 cm³/mol. The summed E-state index contributed by atoms with van der Waals surface area (Å²) < 4.78 is 16.4. The van der Waals surface area contributed by atoms with Gasteiger partial charge in [0.1, 0.15) is 5.82 Å². The van der Waals surface area contributed by atoms with Crippen LogP contribution in [0.5, 0.6) is 0 Å². The van der Waals surface area contributed by atoms with E-state index < -0.39 is 11.9 Å². The van der Waals surface area contributed by atoms with Gasteiger partial charge in [0.05, 0.1) is 23.0 Å². The third kappa shape index (κ3) is 4.96. The Labute approximate surface area is 234 Å². The van der Waals surface area contributed by atoms with Crippen LogP contribution in [0.2, 0.25) is 0 Å². The van der Waals surface area contributed by atoms with Crippen LogP contribution in [0.1, 0.15) is 61.4 Å². The maximum Gasteiger partial charge on any atom is 0.404 e. The topological polar surface area (TPSA) is 90.7 Å². The van der Waals surface area contributed by atoms with Crippen LogP contribution in [-0.2, 0) is 0 Å². The van der Waals surface area contributed by atoms with Gasteiger partial charge in [-0.05, 0) is 93.0 Å². The molecule has 1 aromatic carbocycles. The van der Waals surface area contributed by atoms with Crippen molar-refractivity contribution in [2.24, 2.45) is 17.8 Å². The average molecular weight is 548 g/mol. The van der Waals surface area contributed by atoms with Crippen molar-refractivity contribution in [3.63, 3.8) is 0 Å². The van der Waals surface area contributed by atoms with E-state index in [9.17, 15) is 14.0 Å². The molecule has 9 heteroatoms. The number of carbonyl (C=O) groups is 2. The first-order chi connectivity index (χ1) is 19.2. The Balaban J connectivity index is 1.21. The maximum atomic E-state index is 14.4. The van der Waals surface area contributed by atoms with E-state index in [4.69, 9.17) is 5.11 Å². The first-order valence-electron chi connectivity index (χ1n) is 14.4. The molecule has 6 rings (SSSR count). The predicted octanol–water partition coefficient (Wildman–Crippen LogP) is 5.12. The second kappa shape index (κ2) is 10.5. The fourth-order valence-electron chi connectivity index (χ4n) is 7.28. The van der Waals surface area contributed by atoms with Crippen molar-refractivity contribution in [3.8, 4) is 5.69 Å². The second-order valence-electron chi connectivity index (χ2n) is 12.4. The van der Waals surface area contributed by atoms with Gasteiger partial charge in [-0.1, -0.05) is 0 Å². The van der Waals surface area contributed by atoms with Crippen molar-refractivity contribution in [2.45, 2.75) is 57.5 Å². The summed E-state index contributed by atoms with van der Waals surface area (Å²) in [4.78, 5) is 32.8. The normalized spacial score (nSPS) is 26.2. The van der Waals surface area contributed by atoms with E-state index >= 15 is 0 Å². The molecule has 0 bridgehead atoms. The smallest absolute Gasteiger partial charge is 0.404 e. The summed E-state index contributed by atoms with van der Waals surface area (Å²) in [5, 5.41) is 12.7. The van der Waals surface area contributed by atoms with E-state index in [1.54, 1.807) is 18.0 Å². The van der Waals surface area contributed by atoms with Crippen molar-refractivity contribution in [1.29, 1.82) is 0 Å². The molecule has 212 valence electrons. The number of carbonyl (C=O) groups excluding carboxylic acids is 1. The van der Waals surface area contributed by atoms with Crippen LogP contribution in [0, 0.1) is 23.6 Å². The molecule has 0 radical (unpaired) electrons. The van der Waals surface area contributed by atoms with Gasteiger partial charge < -0.3 is 24.8 Å². The average Bonchev–Trinajstić information content (AvgIpc) is 3.57. The van der Waals surface area contributed by atoms with Gasteiger partial charge in [-0.15, -0.1) is 0 Å².